The summed E-state index contributed by atoms with van der Waals surface area (Å²) in [7, 11) is -4.07. The van der Waals surface area contributed by atoms with E-state index in [-0.39, 0.29) is 0 Å². The molecular formula is C15H13BrF3NO2S. The van der Waals surface area contributed by atoms with Gasteiger partial charge in [-0.25, -0.2) is 13.1 Å². The monoisotopic (exact) mass is 407 g/mol. The molecular weight excluding hydrogens is 395 g/mol. The summed E-state index contributed by atoms with van der Waals surface area (Å²) in [5.74, 6) is 0. The first-order valence-corrected chi connectivity index (χ1v) is 8.82. The summed E-state index contributed by atoms with van der Waals surface area (Å²) in [5.41, 5.74) is -0.314. The van der Waals surface area contributed by atoms with Gasteiger partial charge in [-0.1, -0.05) is 34.1 Å². The number of benzene rings is 2. The van der Waals surface area contributed by atoms with Gasteiger partial charge in [-0.05, 0) is 42.8 Å². The zero-order valence-corrected chi connectivity index (χ0v) is 14.3. The van der Waals surface area contributed by atoms with Gasteiger partial charge in [0.05, 0.1) is 10.5 Å². The SMILES string of the molecule is C[C@H](NS(=O)(=O)c1cccc(C(F)(F)F)c1)c1cccc(Br)c1. The second-order valence-corrected chi connectivity index (χ2v) is 7.55. The molecule has 1 atom stereocenters. The fraction of sp³-hybridized carbons (Fsp3) is 0.200. The number of halogens is 4. The molecule has 8 heteroatoms. The third-order valence-electron chi connectivity index (χ3n) is 3.15. The van der Waals surface area contributed by atoms with E-state index in [1.165, 1.54) is 0 Å². The van der Waals surface area contributed by atoms with Crippen molar-refractivity contribution in [2.45, 2.75) is 24.0 Å². The summed E-state index contributed by atoms with van der Waals surface area (Å²) in [4.78, 5) is -0.422. The molecule has 2 aromatic rings. The van der Waals surface area contributed by atoms with Gasteiger partial charge >= 0.3 is 6.18 Å². The Balaban J connectivity index is 2.29. The van der Waals surface area contributed by atoms with E-state index in [0.29, 0.717) is 11.6 Å². The van der Waals surface area contributed by atoms with E-state index in [9.17, 15) is 21.6 Å². The van der Waals surface area contributed by atoms with Crippen molar-refractivity contribution < 1.29 is 21.6 Å². The molecule has 3 nitrogen and oxygen atoms in total. The van der Waals surface area contributed by atoms with Crippen LogP contribution in [-0.2, 0) is 16.2 Å². The van der Waals surface area contributed by atoms with Gasteiger partial charge in [-0.2, -0.15) is 13.2 Å². The quantitative estimate of drug-likeness (QED) is 0.810. The zero-order chi connectivity index (χ0) is 17.3. The van der Waals surface area contributed by atoms with E-state index >= 15 is 0 Å². The Hall–Kier alpha value is -1.38. The lowest BCUT2D eigenvalue weighted by molar-refractivity contribution is -0.137. The predicted octanol–water partition coefficient (Wildman–Crippen LogP) is 4.51. The molecule has 0 aliphatic carbocycles. The average Bonchev–Trinajstić information content (AvgIpc) is 2.46. The van der Waals surface area contributed by atoms with Crippen LogP contribution in [0.2, 0.25) is 0 Å². The minimum Gasteiger partial charge on any atom is -0.207 e. The summed E-state index contributed by atoms with van der Waals surface area (Å²) in [6.45, 7) is 1.62. The summed E-state index contributed by atoms with van der Waals surface area (Å²) in [5, 5.41) is 0. The average molecular weight is 408 g/mol. The molecule has 0 unspecified atom stereocenters. The van der Waals surface area contributed by atoms with E-state index in [0.717, 1.165) is 22.7 Å². The Kier molecular flexibility index (Phi) is 5.17. The summed E-state index contributed by atoms with van der Waals surface area (Å²) in [6.07, 6.45) is -4.60. The Morgan fingerprint density at radius 1 is 1.09 bits per heavy atom. The van der Waals surface area contributed by atoms with Crippen molar-refractivity contribution in [3.8, 4) is 0 Å². The van der Waals surface area contributed by atoms with Gasteiger partial charge in [0, 0.05) is 10.5 Å². The summed E-state index contributed by atoms with van der Waals surface area (Å²) >= 11 is 3.28. The second-order valence-electron chi connectivity index (χ2n) is 4.92. The normalized spacial score (nSPS) is 13.8. The highest BCUT2D eigenvalue weighted by Gasteiger charge is 2.31. The van der Waals surface area contributed by atoms with E-state index < -0.39 is 32.7 Å². The van der Waals surface area contributed by atoms with Crippen LogP contribution in [0.3, 0.4) is 0 Å². The van der Waals surface area contributed by atoms with Gasteiger partial charge in [-0.15, -0.1) is 0 Å². The zero-order valence-electron chi connectivity index (χ0n) is 11.9. The topological polar surface area (TPSA) is 46.2 Å². The second kappa shape index (κ2) is 6.62. The van der Waals surface area contributed by atoms with Crippen LogP contribution in [0.5, 0.6) is 0 Å². The number of nitrogens with one attached hydrogen (secondary N) is 1. The fourth-order valence-electron chi connectivity index (χ4n) is 1.98. The fourth-order valence-corrected chi connectivity index (χ4v) is 3.68. The van der Waals surface area contributed by atoms with Crippen LogP contribution in [0.25, 0.3) is 0 Å². The lowest BCUT2D eigenvalue weighted by Gasteiger charge is -2.16. The van der Waals surface area contributed by atoms with Crippen LogP contribution in [0.15, 0.2) is 57.9 Å². The Bertz CT molecular complexity index is 806. The van der Waals surface area contributed by atoms with Crippen LogP contribution >= 0.6 is 15.9 Å². The first kappa shape index (κ1) is 18.0. The van der Waals surface area contributed by atoms with E-state index in [4.69, 9.17) is 0 Å². The van der Waals surface area contributed by atoms with Crippen molar-refractivity contribution in [2.75, 3.05) is 0 Å². The minimum absolute atomic E-state index is 0.422. The molecule has 0 amide bonds. The van der Waals surface area contributed by atoms with Gasteiger partial charge < -0.3 is 0 Å². The van der Waals surface area contributed by atoms with Crippen LogP contribution in [-0.4, -0.2) is 8.42 Å². The molecule has 0 heterocycles. The summed E-state index contributed by atoms with van der Waals surface area (Å²) in [6, 6.07) is 10.1. The Labute approximate surface area is 140 Å². The number of sulfonamides is 1. The summed E-state index contributed by atoms with van der Waals surface area (Å²) < 4.78 is 65.9. The third kappa shape index (κ3) is 4.55. The molecule has 0 aromatic heterocycles. The molecule has 2 rings (SSSR count). The Morgan fingerprint density at radius 2 is 1.74 bits per heavy atom. The molecule has 0 saturated heterocycles. The van der Waals surface area contributed by atoms with Crippen LogP contribution in [0.4, 0.5) is 13.2 Å². The van der Waals surface area contributed by atoms with Crippen LogP contribution < -0.4 is 4.72 Å². The smallest absolute Gasteiger partial charge is 0.207 e. The lowest BCUT2D eigenvalue weighted by atomic mass is 10.1. The van der Waals surface area contributed by atoms with Gasteiger partial charge in [0.2, 0.25) is 10.0 Å². The third-order valence-corrected chi connectivity index (χ3v) is 5.18. The number of hydrogen-bond donors (Lipinski definition) is 1. The molecule has 2 aromatic carbocycles. The number of hydrogen-bond acceptors (Lipinski definition) is 2. The lowest BCUT2D eigenvalue weighted by Crippen LogP contribution is -2.27. The molecule has 0 spiro atoms. The van der Waals surface area contributed by atoms with Crippen molar-refractivity contribution in [3.05, 3.63) is 64.1 Å². The van der Waals surface area contributed by atoms with Gasteiger partial charge in [0.1, 0.15) is 0 Å². The van der Waals surface area contributed by atoms with Crippen LogP contribution in [0, 0.1) is 0 Å². The standard InChI is InChI=1S/C15H13BrF3NO2S/c1-10(11-4-2-6-13(16)8-11)20-23(21,22)14-7-3-5-12(9-14)15(17,18)19/h2-10,20H,1H3/t10-/m0/s1. The molecule has 0 bridgehead atoms. The number of rotatable bonds is 4. The molecule has 124 valence electrons. The first-order chi connectivity index (χ1) is 10.6. The predicted molar refractivity (Wildman–Crippen MR) is 84.3 cm³/mol. The van der Waals surface area contributed by atoms with Crippen LogP contribution in [0.1, 0.15) is 24.1 Å². The molecule has 0 aliphatic rings. The molecule has 1 N–H and O–H groups in total. The van der Waals surface area contributed by atoms with E-state index in [2.05, 4.69) is 20.7 Å². The van der Waals surface area contributed by atoms with Crippen molar-refractivity contribution in [1.29, 1.82) is 0 Å². The maximum Gasteiger partial charge on any atom is 0.416 e. The maximum atomic E-state index is 12.7. The molecule has 0 radical (unpaired) electrons. The maximum absolute atomic E-state index is 12.7. The van der Waals surface area contributed by atoms with Gasteiger partial charge in [0.25, 0.3) is 0 Å². The van der Waals surface area contributed by atoms with Crippen molar-refractivity contribution in [2.24, 2.45) is 0 Å². The number of alkyl halides is 3. The largest absolute Gasteiger partial charge is 0.416 e. The van der Waals surface area contributed by atoms with Gasteiger partial charge in [0.15, 0.2) is 0 Å². The van der Waals surface area contributed by atoms with Gasteiger partial charge in [-0.3, -0.25) is 0 Å². The molecule has 23 heavy (non-hydrogen) atoms. The minimum atomic E-state index is -4.60. The molecule has 0 aliphatic heterocycles. The van der Waals surface area contributed by atoms with Crippen molar-refractivity contribution >= 4 is 26.0 Å². The highest BCUT2D eigenvalue weighted by Crippen LogP contribution is 2.30. The van der Waals surface area contributed by atoms with Crippen molar-refractivity contribution in [1.82, 2.24) is 4.72 Å². The van der Waals surface area contributed by atoms with E-state index in [1.54, 1.807) is 31.2 Å². The molecule has 0 saturated carbocycles. The first-order valence-electron chi connectivity index (χ1n) is 6.54. The highest BCUT2D eigenvalue weighted by atomic mass is 79.9. The molecule has 0 fully saturated rings. The highest BCUT2D eigenvalue weighted by molar-refractivity contribution is 9.10. The van der Waals surface area contributed by atoms with Crippen molar-refractivity contribution in [3.63, 3.8) is 0 Å². The Morgan fingerprint density at radius 3 is 2.35 bits per heavy atom. The van der Waals surface area contributed by atoms with E-state index in [1.807, 2.05) is 0 Å².